The largest absolute Gasteiger partial charge is 0.497 e. The zero-order chi connectivity index (χ0) is 34.4. The lowest BCUT2D eigenvalue weighted by atomic mass is 9.63. The number of aliphatic hydroxyl groups excluding tert-OH is 3. The summed E-state index contributed by atoms with van der Waals surface area (Å²) in [5, 5.41) is 28.8. The summed E-state index contributed by atoms with van der Waals surface area (Å²) in [6, 6.07) is 39.9. The third-order valence-corrected chi connectivity index (χ3v) is 9.54. The number of fused-ring (bicyclic) bond motifs is 3. The fourth-order valence-corrected chi connectivity index (χ4v) is 7.03. The van der Waals surface area contributed by atoms with Crippen LogP contribution in [0.25, 0.3) is 11.1 Å². The van der Waals surface area contributed by atoms with E-state index in [1.165, 1.54) is 16.7 Å². The maximum absolute atomic E-state index is 12.5. The highest BCUT2D eigenvalue weighted by atomic mass is 16.5. The normalized spacial score (nSPS) is 13.2. The molecule has 2 unspecified atom stereocenters. The Morgan fingerprint density at radius 1 is 0.735 bits per heavy atom. The molecule has 0 saturated carbocycles. The van der Waals surface area contributed by atoms with E-state index in [9.17, 15) is 15.0 Å². The first kappa shape index (κ1) is 33.9. The molecule has 0 saturated heterocycles. The topological polar surface area (TPSA) is 105 Å². The van der Waals surface area contributed by atoms with Crippen LogP contribution >= 0.6 is 0 Å². The molecule has 2 atom stereocenters. The van der Waals surface area contributed by atoms with Gasteiger partial charge in [-0.25, -0.2) is 4.79 Å². The Morgan fingerprint density at radius 3 is 1.98 bits per heavy atom. The van der Waals surface area contributed by atoms with Gasteiger partial charge in [0.15, 0.2) is 6.10 Å². The third-order valence-electron chi connectivity index (χ3n) is 9.54. The van der Waals surface area contributed by atoms with Crippen LogP contribution in [-0.4, -0.2) is 54.3 Å². The molecule has 0 radical (unpaired) electrons. The molecule has 5 aromatic carbocycles. The minimum absolute atomic E-state index is 0.0309. The van der Waals surface area contributed by atoms with Crippen LogP contribution in [0.5, 0.6) is 11.5 Å². The van der Waals surface area contributed by atoms with Crippen molar-refractivity contribution in [2.45, 2.75) is 49.9 Å². The van der Waals surface area contributed by atoms with E-state index >= 15 is 0 Å². The van der Waals surface area contributed by atoms with Crippen molar-refractivity contribution in [3.63, 3.8) is 0 Å². The predicted octanol–water partition coefficient (Wildman–Crippen LogP) is 6.59. The summed E-state index contributed by atoms with van der Waals surface area (Å²) in [6.45, 7) is -0.317. The molecule has 49 heavy (non-hydrogen) atoms. The van der Waals surface area contributed by atoms with Gasteiger partial charge in [-0.1, -0.05) is 84.9 Å². The summed E-state index contributed by atoms with van der Waals surface area (Å²) < 4.78 is 16.6. The molecule has 0 bridgehead atoms. The predicted molar refractivity (Wildman–Crippen MR) is 189 cm³/mol. The highest BCUT2D eigenvalue weighted by Crippen LogP contribution is 2.51. The lowest BCUT2D eigenvalue weighted by molar-refractivity contribution is -0.155. The number of benzene rings is 5. The Morgan fingerprint density at radius 2 is 1.37 bits per heavy atom. The lowest BCUT2D eigenvalue weighted by Crippen LogP contribution is -2.32. The van der Waals surface area contributed by atoms with Crippen molar-refractivity contribution >= 4 is 5.97 Å². The molecule has 1 aliphatic rings. The van der Waals surface area contributed by atoms with Crippen molar-refractivity contribution in [2.75, 3.05) is 20.8 Å². The first-order valence-corrected chi connectivity index (χ1v) is 16.6. The Bertz CT molecular complexity index is 1820. The first-order valence-electron chi connectivity index (χ1n) is 16.6. The molecule has 0 heterocycles. The molecule has 0 fully saturated rings. The number of methoxy groups -OCH3 is 2. The summed E-state index contributed by atoms with van der Waals surface area (Å²) in [4.78, 5) is 12.5. The highest BCUT2D eigenvalue weighted by Gasteiger charge is 2.41. The number of esters is 1. The fourth-order valence-electron chi connectivity index (χ4n) is 7.03. The van der Waals surface area contributed by atoms with E-state index in [1.54, 1.807) is 14.2 Å². The number of carbonyl (C=O) groups is 1. The summed E-state index contributed by atoms with van der Waals surface area (Å²) in [5.41, 5.74) is 9.30. The van der Waals surface area contributed by atoms with Crippen molar-refractivity contribution in [3.8, 4) is 22.6 Å². The van der Waals surface area contributed by atoms with Crippen LogP contribution in [0.2, 0.25) is 0 Å². The molecular weight excluding hydrogens is 616 g/mol. The van der Waals surface area contributed by atoms with Crippen LogP contribution < -0.4 is 9.47 Å². The Labute approximate surface area is 287 Å². The Kier molecular flexibility index (Phi) is 10.4. The van der Waals surface area contributed by atoms with Crippen molar-refractivity contribution in [1.82, 2.24) is 0 Å². The maximum Gasteiger partial charge on any atom is 0.335 e. The highest BCUT2D eigenvalue weighted by molar-refractivity contribution is 5.81. The van der Waals surface area contributed by atoms with Gasteiger partial charge in [-0.3, -0.25) is 0 Å². The van der Waals surface area contributed by atoms with Crippen LogP contribution in [0, 0.1) is 0 Å². The van der Waals surface area contributed by atoms with E-state index in [0.29, 0.717) is 12.8 Å². The van der Waals surface area contributed by atoms with Gasteiger partial charge in [-0.2, -0.15) is 0 Å². The van der Waals surface area contributed by atoms with E-state index in [0.717, 1.165) is 51.3 Å². The zero-order valence-electron chi connectivity index (χ0n) is 27.8. The molecule has 0 aliphatic heterocycles. The molecule has 7 heteroatoms. The van der Waals surface area contributed by atoms with Crippen LogP contribution in [0.4, 0.5) is 0 Å². The van der Waals surface area contributed by atoms with Gasteiger partial charge >= 0.3 is 5.97 Å². The SMILES string of the molecule is COc1ccc(C(c2ccccc2)(c2ccc(OC)cc2)c2cccc3c2Cc2ccc(COC(=O)C(O)CCCC(O)CO)cc2-3)cc1. The third kappa shape index (κ3) is 6.83. The van der Waals surface area contributed by atoms with Crippen LogP contribution in [-0.2, 0) is 28.0 Å². The molecule has 1 aliphatic carbocycles. The van der Waals surface area contributed by atoms with Crippen LogP contribution in [0.3, 0.4) is 0 Å². The fraction of sp³-hybridized carbons (Fsp3) is 0.262. The van der Waals surface area contributed by atoms with E-state index in [-0.39, 0.29) is 19.6 Å². The second kappa shape index (κ2) is 15.1. The number of carbonyl (C=O) groups excluding carboxylic acids is 1. The molecule has 6 rings (SSSR count). The number of hydrogen-bond acceptors (Lipinski definition) is 7. The smallest absolute Gasteiger partial charge is 0.335 e. The van der Waals surface area contributed by atoms with Crippen molar-refractivity contribution < 1.29 is 34.3 Å². The minimum Gasteiger partial charge on any atom is -0.497 e. The van der Waals surface area contributed by atoms with Gasteiger partial charge in [-0.05, 0) is 106 Å². The zero-order valence-corrected chi connectivity index (χ0v) is 27.8. The van der Waals surface area contributed by atoms with Gasteiger partial charge in [0.2, 0.25) is 0 Å². The summed E-state index contributed by atoms with van der Waals surface area (Å²) in [6.07, 6.45) is -0.556. The van der Waals surface area contributed by atoms with Crippen molar-refractivity contribution in [3.05, 3.63) is 154 Å². The standard InChI is InChI=1S/C42H42O7/c1-47-34-20-16-31(17-21-34)42(30-8-4-3-5-9-30,32-18-22-35(48-2)23-19-32)39-12-7-11-36-37-24-28(14-15-29(37)25-38(36)39)27-49-41(46)40(45)13-6-10-33(44)26-43/h3-5,7-9,11-12,14-24,33,40,43-45H,6,10,13,25-27H2,1-2H3. The summed E-state index contributed by atoms with van der Waals surface area (Å²) in [5.74, 6) is 0.869. The number of hydrogen-bond donors (Lipinski definition) is 3. The van der Waals surface area contributed by atoms with Crippen LogP contribution in [0.1, 0.15) is 58.2 Å². The number of ether oxygens (including phenoxy) is 3. The lowest BCUT2D eigenvalue weighted by Gasteiger charge is -2.38. The van der Waals surface area contributed by atoms with E-state index in [4.69, 9.17) is 19.3 Å². The summed E-state index contributed by atoms with van der Waals surface area (Å²) >= 11 is 0. The van der Waals surface area contributed by atoms with Crippen LogP contribution in [0.15, 0.2) is 115 Å². The minimum atomic E-state index is -1.29. The summed E-state index contributed by atoms with van der Waals surface area (Å²) in [7, 11) is 3.35. The molecular formula is C42H42O7. The molecule has 7 nitrogen and oxygen atoms in total. The second-order valence-electron chi connectivity index (χ2n) is 12.5. The Balaban J connectivity index is 1.39. The van der Waals surface area contributed by atoms with Gasteiger partial charge in [0.1, 0.15) is 18.1 Å². The molecule has 0 amide bonds. The van der Waals surface area contributed by atoms with Gasteiger partial charge < -0.3 is 29.5 Å². The van der Waals surface area contributed by atoms with Gasteiger partial charge in [-0.15, -0.1) is 0 Å². The van der Waals surface area contributed by atoms with Crippen molar-refractivity contribution in [2.24, 2.45) is 0 Å². The molecule has 3 N–H and O–H groups in total. The van der Waals surface area contributed by atoms with Gasteiger partial charge in [0, 0.05) is 0 Å². The maximum atomic E-state index is 12.5. The molecule has 252 valence electrons. The van der Waals surface area contributed by atoms with Gasteiger partial charge in [0.05, 0.1) is 32.3 Å². The van der Waals surface area contributed by atoms with Gasteiger partial charge in [0.25, 0.3) is 0 Å². The molecule has 0 spiro atoms. The average molecular weight is 659 g/mol. The quantitative estimate of drug-likeness (QED) is 0.0897. The second-order valence-corrected chi connectivity index (χ2v) is 12.5. The van der Waals surface area contributed by atoms with E-state index in [1.807, 2.05) is 36.4 Å². The van der Waals surface area contributed by atoms with E-state index < -0.39 is 23.6 Å². The number of aliphatic hydroxyl groups is 3. The molecule has 5 aromatic rings. The Hall–Kier alpha value is -4.95. The first-order chi connectivity index (χ1) is 23.9. The monoisotopic (exact) mass is 658 g/mol. The number of rotatable bonds is 14. The molecule has 0 aromatic heterocycles. The van der Waals surface area contributed by atoms with Crippen molar-refractivity contribution in [1.29, 1.82) is 0 Å². The average Bonchev–Trinajstić information content (AvgIpc) is 3.53. The van der Waals surface area contributed by atoms with E-state index in [2.05, 4.69) is 78.9 Å².